The first-order valence-corrected chi connectivity index (χ1v) is 9.65. The van der Waals surface area contributed by atoms with E-state index in [1.807, 2.05) is 31.2 Å². The van der Waals surface area contributed by atoms with Crippen molar-refractivity contribution in [2.24, 2.45) is 4.99 Å². The number of rotatable bonds is 9. The molecule has 0 aliphatic heterocycles. The summed E-state index contributed by atoms with van der Waals surface area (Å²) in [6.07, 6.45) is 5.03. The largest absolute Gasteiger partial charge is 0.497 e. The van der Waals surface area contributed by atoms with Gasteiger partial charge in [0.1, 0.15) is 17.6 Å². The fraction of sp³-hybridized carbons (Fsp3) is 0.600. The minimum absolute atomic E-state index is 0.0543. The highest BCUT2D eigenvalue weighted by Gasteiger charge is 2.16. The zero-order valence-electron chi connectivity index (χ0n) is 16.6. The summed E-state index contributed by atoms with van der Waals surface area (Å²) in [4.78, 5) is 16.1. The van der Waals surface area contributed by atoms with E-state index in [-0.39, 0.29) is 12.0 Å². The highest BCUT2D eigenvalue weighted by Crippen LogP contribution is 2.19. The number of guanidine groups is 1. The first kappa shape index (κ1) is 20.9. The molecule has 1 unspecified atom stereocenters. The van der Waals surface area contributed by atoms with Gasteiger partial charge in [0, 0.05) is 32.1 Å². The molecule has 3 N–H and O–H groups in total. The molecular formula is C20H32N4O3. The van der Waals surface area contributed by atoms with Gasteiger partial charge in [-0.3, -0.25) is 9.79 Å². The molecule has 27 heavy (non-hydrogen) atoms. The van der Waals surface area contributed by atoms with Gasteiger partial charge < -0.3 is 25.4 Å². The van der Waals surface area contributed by atoms with E-state index >= 15 is 0 Å². The second-order valence-corrected chi connectivity index (χ2v) is 6.79. The van der Waals surface area contributed by atoms with Crippen molar-refractivity contribution in [3.63, 3.8) is 0 Å². The van der Waals surface area contributed by atoms with E-state index in [2.05, 4.69) is 20.9 Å². The molecule has 1 aromatic carbocycles. The van der Waals surface area contributed by atoms with Gasteiger partial charge in [-0.1, -0.05) is 18.9 Å². The Kier molecular flexibility index (Phi) is 8.74. The summed E-state index contributed by atoms with van der Waals surface area (Å²) < 4.78 is 11.1. The summed E-state index contributed by atoms with van der Waals surface area (Å²) in [5, 5.41) is 9.47. The van der Waals surface area contributed by atoms with Crippen molar-refractivity contribution in [2.45, 2.75) is 51.2 Å². The van der Waals surface area contributed by atoms with Gasteiger partial charge in [-0.25, -0.2) is 0 Å². The third kappa shape index (κ3) is 7.76. The van der Waals surface area contributed by atoms with Crippen LogP contribution in [0.5, 0.6) is 11.5 Å². The maximum Gasteiger partial charge on any atom is 0.221 e. The summed E-state index contributed by atoms with van der Waals surface area (Å²) >= 11 is 0. The Hall–Kier alpha value is -2.44. The summed E-state index contributed by atoms with van der Waals surface area (Å²) in [6.45, 7) is 3.11. The van der Waals surface area contributed by atoms with E-state index in [1.54, 1.807) is 14.2 Å². The van der Waals surface area contributed by atoms with Crippen molar-refractivity contribution < 1.29 is 14.3 Å². The van der Waals surface area contributed by atoms with Crippen LogP contribution in [0.1, 0.15) is 39.0 Å². The molecule has 0 radical (unpaired) electrons. The van der Waals surface area contributed by atoms with E-state index in [9.17, 15) is 4.79 Å². The number of hydrogen-bond donors (Lipinski definition) is 3. The number of nitrogens with one attached hydrogen (secondary N) is 3. The van der Waals surface area contributed by atoms with Crippen molar-refractivity contribution in [3.8, 4) is 11.5 Å². The third-order valence-electron chi connectivity index (χ3n) is 4.52. The highest BCUT2D eigenvalue weighted by molar-refractivity contribution is 5.81. The van der Waals surface area contributed by atoms with Crippen LogP contribution in [0.4, 0.5) is 0 Å². The molecule has 2 rings (SSSR count). The lowest BCUT2D eigenvalue weighted by Crippen LogP contribution is -2.43. The molecule has 1 saturated carbocycles. The molecular weight excluding hydrogens is 344 g/mol. The zero-order valence-corrected chi connectivity index (χ0v) is 16.6. The Morgan fingerprint density at radius 1 is 1.26 bits per heavy atom. The summed E-state index contributed by atoms with van der Waals surface area (Å²) in [6, 6.07) is 7.89. The van der Waals surface area contributed by atoms with E-state index in [1.165, 1.54) is 12.8 Å². The van der Waals surface area contributed by atoms with Crippen LogP contribution < -0.4 is 25.4 Å². The molecule has 1 atom stereocenters. The van der Waals surface area contributed by atoms with Crippen LogP contribution in [-0.4, -0.2) is 51.3 Å². The predicted molar refractivity (Wildman–Crippen MR) is 107 cm³/mol. The lowest BCUT2D eigenvalue weighted by Gasteiger charge is -2.18. The van der Waals surface area contributed by atoms with Crippen molar-refractivity contribution in [2.75, 3.05) is 27.2 Å². The van der Waals surface area contributed by atoms with E-state index in [0.29, 0.717) is 31.5 Å². The van der Waals surface area contributed by atoms with E-state index < -0.39 is 0 Å². The van der Waals surface area contributed by atoms with Crippen molar-refractivity contribution >= 4 is 11.9 Å². The first-order chi connectivity index (χ1) is 13.1. The highest BCUT2D eigenvalue weighted by atomic mass is 16.5. The molecule has 0 saturated heterocycles. The van der Waals surface area contributed by atoms with Crippen LogP contribution in [0, 0.1) is 0 Å². The molecule has 0 heterocycles. The number of ether oxygens (including phenoxy) is 2. The topological polar surface area (TPSA) is 84.0 Å². The molecule has 1 fully saturated rings. The van der Waals surface area contributed by atoms with Crippen molar-refractivity contribution in [3.05, 3.63) is 24.3 Å². The standard InChI is InChI=1S/C20H32N4O3/c1-15(27-18-10-6-9-17(13-18)26-3)14-23-20(21-2)22-12-11-19(25)24-16-7-4-5-8-16/h6,9-10,13,15-16H,4-5,7-8,11-12,14H2,1-3H3,(H,24,25)(H2,21,22,23). The quantitative estimate of drug-likeness (QED) is 0.454. The number of nitrogens with zero attached hydrogens (tertiary/aromatic N) is 1. The number of benzene rings is 1. The van der Waals surface area contributed by atoms with Gasteiger partial charge in [-0.15, -0.1) is 0 Å². The fourth-order valence-electron chi connectivity index (χ4n) is 3.07. The van der Waals surface area contributed by atoms with Crippen molar-refractivity contribution in [1.29, 1.82) is 0 Å². The lowest BCUT2D eigenvalue weighted by molar-refractivity contribution is -0.121. The van der Waals surface area contributed by atoms with Gasteiger partial charge in [0.25, 0.3) is 0 Å². The molecule has 0 bridgehead atoms. The molecule has 1 aliphatic carbocycles. The van der Waals surface area contributed by atoms with Crippen LogP contribution in [0.2, 0.25) is 0 Å². The first-order valence-electron chi connectivity index (χ1n) is 9.65. The molecule has 7 nitrogen and oxygen atoms in total. The van der Waals surface area contributed by atoms with Gasteiger partial charge in [0.2, 0.25) is 5.91 Å². The smallest absolute Gasteiger partial charge is 0.221 e. The summed E-state index contributed by atoms with van der Waals surface area (Å²) in [7, 11) is 3.34. The average Bonchev–Trinajstić information content (AvgIpc) is 3.17. The number of hydrogen-bond acceptors (Lipinski definition) is 4. The van der Waals surface area contributed by atoms with Crippen LogP contribution >= 0.6 is 0 Å². The third-order valence-corrected chi connectivity index (χ3v) is 4.52. The summed E-state index contributed by atoms with van der Waals surface area (Å²) in [5.41, 5.74) is 0. The Morgan fingerprint density at radius 2 is 2.00 bits per heavy atom. The minimum atomic E-state index is -0.0543. The number of aliphatic imine (C=N–C) groups is 1. The normalized spacial score (nSPS) is 15.9. The van der Waals surface area contributed by atoms with Crippen LogP contribution in [0.25, 0.3) is 0 Å². The number of carbonyl (C=O) groups excluding carboxylic acids is 1. The van der Waals surface area contributed by atoms with E-state index in [0.717, 1.165) is 24.3 Å². The van der Waals surface area contributed by atoms with Crippen molar-refractivity contribution in [1.82, 2.24) is 16.0 Å². The Bertz CT molecular complexity index is 615. The molecule has 1 aliphatic rings. The van der Waals surface area contributed by atoms with Crippen LogP contribution in [0.15, 0.2) is 29.3 Å². The van der Waals surface area contributed by atoms with Gasteiger partial charge in [0.15, 0.2) is 5.96 Å². The monoisotopic (exact) mass is 376 g/mol. The number of carbonyl (C=O) groups is 1. The fourth-order valence-corrected chi connectivity index (χ4v) is 3.07. The number of amides is 1. The maximum atomic E-state index is 11.9. The predicted octanol–water partition coefficient (Wildman–Crippen LogP) is 2.08. The molecule has 1 aromatic rings. The molecule has 7 heteroatoms. The van der Waals surface area contributed by atoms with Crippen LogP contribution in [0.3, 0.4) is 0 Å². The molecule has 1 amide bonds. The second kappa shape index (κ2) is 11.3. The Labute approximate surface area is 161 Å². The SMILES string of the molecule is CN=C(NCCC(=O)NC1CCCC1)NCC(C)Oc1cccc(OC)c1. The zero-order chi connectivity index (χ0) is 19.5. The Balaban J connectivity index is 1.64. The van der Waals surface area contributed by atoms with E-state index in [4.69, 9.17) is 9.47 Å². The van der Waals surface area contributed by atoms with Gasteiger partial charge >= 0.3 is 0 Å². The average molecular weight is 377 g/mol. The maximum absolute atomic E-state index is 11.9. The van der Waals surface area contributed by atoms with Gasteiger partial charge in [0.05, 0.1) is 13.7 Å². The Morgan fingerprint density at radius 3 is 2.70 bits per heavy atom. The van der Waals surface area contributed by atoms with Crippen LogP contribution in [-0.2, 0) is 4.79 Å². The number of methoxy groups -OCH3 is 1. The summed E-state index contributed by atoms with van der Waals surface area (Å²) in [5.74, 6) is 2.28. The molecule has 150 valence electrons. The molecule has 0 aromatic heterocycles. The van der Waals surface area contributed by atoms with Gasteiger partial charge in [-0.2, -0.15) is 0 Å². The minimum Gasteiger partial charge on any atom is -0.497 e. The molecule has 0 spiro atoms. The van der Waals surface area contributed by atoms with Gasteiger partial charge in [-0.05, 0) is 31.9 Å². The lowest BCUT2D eigenvalue weighted by atomic mass is 10.2. The second-order valence-electron chi connectivity index (χ2n) is 6.79.